The predicted octanol–water partition coefficient (Wildman–Crippen LogP) is 5.00. The minimum atomic E-state index is -4.64. The summed E-state index contributed by atoms with van der Waals surface area (Å²) < 4.78 is 39.5. The van der Waals surface area contributed by atoms with Crippen LogP contribution in [0.15, 0.2) is 59.7 Å². The van der Waals surface area contributed by atoms with Gasteiger partial charge < -0.3 is 10.3 Å². The molecule has 0 aliphatic rings. The number of pyridine rings is 2. The highest BCUT2D eigenvalue weighted by Crippen LogP contribution is 2.33. The molecule has 0 saturated heterocycles. The largest absolute Gasteiger partial charge is 0.418 e. The normalized spacial score (nSPS) is 11.7. The number of carbonyl (C=O) groups is 1. The number of halogens is 4. The molecular formula is C20H11ClF3N3O2. The monoisotopic (exact) mass is 417 g/mol. The maximum atomic E-state index is 13.2. The third-order valence-corrected chi connectivity index (χ3v) is 4.65. The zero-order valence-corrected chi connectivity index (χ0v) is 15.2. The topological polar surface area (TPSA) is 74.8 Å². The van der Waals surface area contributed by atoms with Gasteiger partial charge in [0, 0.05) is 28.2 Å². The molecule has 2 aromatic heterocycles. The van der Waals surface area contributed by atoms with Crippen molar-refractivity contribution in [3.05, 3.63) is 81.2 Å². The first-order valence-corrected chi connectivity index (χ1v) is 8.71. The highest BCUT2D eigenvalue weighted by Gasteiger charge is 2.33. The number of aromatic nitrogens is 2. The van der Waals surface area contributed by atoms with Gasteiger partial charge >= 0.3 is 6.18 Å². The van der Waals surface area contributed by atoms with Crippen LogP contribution in [0.1, 0.15) is 15.9 Å². The Morgan fingerprint density at radius 1 is 1.10 bits per heavy atom. The third kappa shape index (κ3) is 3.42. The number of hydrogen-bond acceptors (Lipinski definition) is 3. The van der Waals surface area contributed by atoms with Crippen LogP contribution in [-0.4, -0.2) is 15.9 Å². The number of alkyl halides is 3. The molecule has 1 amide bonds. The van der Waals surface area contributed by atoms with Crippen LogP contribution >= 0.6 is 11.6 Å². The molecule has 29 heavy (non-hydrogen) atoms. The van der Waals surface area contributed by atoms with E-state index in [0.29, 0.717) is 21.6 Å². The first-order valence-electron chi connectivity index (χ1n) is 8.33. The van der Waals surface area contributed by atoms with E-state index in [4.69, 9.17) is 11.6 Å². The summed E-state index contributed by atoms with van der Waals surface area (Å²) in [6, 6.07) is 9.70. The van der Waals surface area contributed by atoms with E-state index >= 15 is 0 Å². The van der Waals surface area contributed by atoms with Crippen molar-refractivity contribution in [1.82, 2.24) is 9.97 Å². The Labute approximate surface area is 166 Å². The quantitative estimate of drug-likeness (QED) is 0.482. The highest BCUT2D eigenvalue weighted by atomic mass is 35.5. The van der Waals surface area contributed by atoms with Crippen LogP contribution in [0.5, 0.6) is 0 Å². The van der Waals surface area contributed by atoms with E-state index in [-0.39, 0.29) is 16.5 Å². The Morgan fingerprint density at radius 3 is 2.66 bits per heavy atom. The van der Waals surface area contributed by atoms with E-state index < -0.39 is 23.1 Å². The summed E-state index contributed by atoms with van der Waals surface area (Å²) in [5.41, 5.74) is -1.53. The van der Waals surface area contributed by atoms with Gasteiger partial charge in [-0.25, -0.2) is 0 Å². The smallest absolute Gasteiger partial charge is 0.360 e. The fourth-order valence-electron chi connectivity index (χ4n) is 3.07. The van der Waals surface area contributed by atoms with Crippen molar-refractivity contribution in [3.8, 4) is 0 Å². The summed E-state index contributed by atoms with van der Waals surface area (Å²) in [7, 11) is 0. The van der Waals surface area contributed by atoms with E-state index in [1.165, 1.54) is 18.3 Å². The van der Waals surface area contributed by atoms with E-state index in [9.17, 15) is 22.8 Å². The summed E-state index contributed by atoms with van der Waals surface area (Å²) in [6.07, 6.45) is -2.18. The Kier molecular flexibility index (Phi) is 4.50. The summed E-state index contributed by atoms with van der Waals surface area (Å²) >= 11 is 6.00. The van der Waals surface area contributed by atoms with Crippen molar-refractivity contribution in [3.63, 3.8) is 0 Å². The summed E-state index contributed by atoms with van der Waals surface area (Å²) in [5.74, 6) is -0.766. The van der Waals surface area contributed by atoms with Gasteiger partial charge in [-0.3, -0.25) is 14.6 Å². The molecule has 0 aliphatic heterocycles. The molecular weight excluding hydrogens is 407 g/mol. The molecule has 4 rings (SSSR count). The fourth-order valence-corrected chi connectivity index (χ4v) is 3.25. The van der Waals surface area contributed by atoms with Crippen LogP contribution in [-0.2, 0) is 6.18 Å². The number of anilines is 1. The second-order valence-corrected chi connectivity index (χ2v) is 6.67. The number of amides is 1. The lowest BCUT2D eigenvalue weighted by molar-refractivity contribution is -0.136. The van der Waals surface area contributed by atoms with Crippen LogP contribution in [0.2, 0.25) is 5.02 Å². The zero-order valence-electron chi connectivity index (χ0n) is 14.5. The molecule has 0 unspecified atom stereocenters. The van der Waals surface area contributed by atoms with Crippen LogP contribution in [0, 0.1) is 0 Å². The summed E-state index contributed by atoms with van der Waals surface area (Å²) in [5, 5.41) is 3.37. The summed E-state index contributed by atoms with van der Waals surface area (Å²) in [4.78, 5) is 32.0. The van der Waals surface area contributed by atoms with E-state index in [2.05, 4.69) is 15.3 Å². The van der Waals surface area contributed by atoms with Gasteiger partial charge in [-0.2, -0.15) is 13.2 Å². The number of carbonyl (C=O) groups excluding carboxylic acids is 1. The molecule has 2 N–H and O–H groups in total. The number of fused-ring (bicyclic) bond motifs is 2. The number of aromatic amines is 1. The van der Waals surface area contributed by atoms with Gasteiger partial charge in [0.15, 0.2) is 0 Å². The molecule has 9 heteroatoms. The van der Waals surface area contributed by atoms with Gasteiger partial charge in [0.2, 0.25) is 5.43 Å². The first-order chi connectivity index (χ1) is 13.8. The average Bonchev–Trinajstić information content (AvgIpc) is 2.67. The van der Waals surface area contributed by atoms with Gasteiger partial charge in [0.25, 0.3) is 5.91 Å². The molecule has 0 spiro atoms. The van der Waals surface area contributed by atoms with Crippen LogP contribution in [0.4, 0.5) is 18.9 Å². The lowest BCUT2D eigenvalue weighted by Gasteiger charge is -2.11. The number of nitrogens with one attached hydrogen (secondary N) is 2. The molecule has 0 aliphatic carbocycles. The number of rotatable bonds is 2. The van der Waals surface area contributed by atoms with Crippen molar-refractivity contribution in [2.24, 2.45) is 0 Å². The number of hydrogen-bond donors (Lipinski definition) is 2. The van der Waals surface area contributed by atoms with Crippen molar-refractivity contribution in [2.45, 2.75) is 6.18 Å². The molecule has 0 atom stereocenters. The van der Waals surface area contributed by atoms with Gasteiger partial charge in [-0.1, -0.05) is 17.7 Å². The van der Waals surface area contributed by atoms with E-state index in [0.717, 1.165) is 18.3 Å². The Balaban J connectivity index is 1.78. The Morgan fingerprint density at radius 2 is 1.90 bits per heavy atom. The van der Waals surface area contributed by atoms with Crippen molar-refractivity contribution in [1.29, 1.82) is 0 Å². The van der Waals surface area contributed by atoms with Gasteiger partial charge in [0.1, 0.15) is 5.56 Å². The second-order valence-electron chi connectivity index (χ2n) is 6.23. The molecule has 146 valence electrons. The minimum Gasteiger partial charge on any atom is -0.360 e. The molecule has 2 heterocycles. The maximum Gasteiger partial charge on any atom is 0.418 e. The Hall–Kier alpha value is -3.39. The molecule has 0 bridgehead atoms. The predicted molar refractivity (Wildman–Crippen MR) is 104 cm³/mol. The molecule has 0 radical (unpaired) electrons. The SMILES string of the molecule is O=C(Nc1ccnc2ccc(Cl)cc12)c1c[nH]c2c(C(F)(F)F)cccc2c1=O. The fraction of sp³-hybridized carbons (Fsp3) is 0.0500. The lowest BCUT2D eigenvalue weighted by Crippen LogP contribution is -2.22. The number of nitrogens with zero attached hydrogens (tertiary/aromatic N) is 1. The minimum absolute atomic E-state index is 0.227. The van der Waals surface area contributed by atoms with E-state index in [1.54, 1.807) is 18.2 Å². The first kappa shape index (κ1) is 18.9. The standard InChI is InChI=1S/C20H11ClF3N3O2/c21-10-4-5-15-12(8-10)16(6-7-25-15)27-19(29)13-9-26-17-11(18(13)28)2-1-3-14(17)20(22,23)24/h1-9H,(H,26,28)(H,25,27,29). The van der Waals surface area contributed by atoms with Crippen molar-refractivity contribution < 1.29 is 18.0 Å². The number of H-pyrrole nitrogens is 1. The van der Waals surface area contributed by atoms with Crippen molar-refractivity contribution in [2.75, 3.05) is 5.32 Å². The second kappa shape index (κ2) is 6.89. The highest BCUT2D eigenvalue weighted by molar-refractivity contribution is 6.31. The molecule has 0 saturated carbocycles. The van der Waals surface area contributed by atoms with Crippen LogP contribution in [0.3, 0.4) is 0 Å². The molecule has 5 nitrogen and oxygen atoms in total. The lowest BCUT2D eigenvalue weighted by atomic mass is 10.1. The average molecular weight is 418 g/mol. The van der Waals surface area contributed by atoms with Crippen LogP contribution < -0.4 is 10.7 Å². The van der Waals surface area contributed by atoms with E-state index in [1.807, 2.05) is 0 Å². The Bertz CT molecular complexity index is 1330. The van der Waals surface area contributed by atoms with Gasteiger partial charge in [-0.05, 0) is 36.4 Å². The number of para-hydroxylation sites is 1. The van der Waals surface area contributed by atoms with Gasteiger partial charge in [0.05, 0.1) is 22.3 Å². The zero-order chi connectivity index (χ0) is 20.8. The van der Waals surface area contributed by atoms with Gasteiger partial charge in [-0.15, -0.1) is 0 Å². The molecule has 4 aromatic rings. The molecule has 2 aromatic carbocycles. The maximum absolute atomic E-state index is 13.2. The summed E-state index contributed by atoms with van der Waals surface area (Å²) in [6.45, 7) is 0. The molecule has 0 fully saturated rings. The van der Waals surface area contributed by atoms with Crippen LogP contribution in [0.25, 0.3) is 21.8 Å². The van der Waals surface area contributed by atoms with Crippen molar-refractivity contribution >= 4 is 45.0 Å². The number of benzene rings is 2. The third-order valence-electron chi connectivity index (χ3n) is 4.42.